The summed E-state index contributed by atoms with van der Waals surface area (Å²) in [6, 6.07) is 34.9. The monoisotopic (exact) mass is 421 g/mol. The van der Waals surface area contributed by atoms with E-state index in [0.717, 1.165) is 4.47 Å². The van der Waals surface area contributed by atoms with Crippen LogP contribution in [0.25, 0.3) is 49.0 Å². The van der Waals surface area contributed by atoms with Gasteiger partial charge < -0.3 is 4.57 Å². The summed E-state index contributed by atoms with van der Waals surface area (Å²) in [5.74, 6) is 0. The Hall–Kier alpha value is -3.10. The third kappa shape index (κ3) is 2.18. The van der Waals surface area contributed by atoms with Crippen molar-refractivity contribution < 1.29 is 0 Å². The van der Waals surface area contributed by atoms with Crippen LogP contribution in [0.15, 0.2) is 102 Å². The van der Waals surface area contributed by atoms with Crippen LogP contribution < -0.4 is 0 Å². The lowest BCUT2D eigenvalue weighted by Gasteiger charge is -2.09. The number of aromatic nitrogens is 1. The average molecular weight is 422 g/mol. The third-order valence-corrected chi connectivity index (χ3v) is 6.32. The van der Waals surface area contributed by atoms with Crippen molar-refractivity contribution >= 4 is 59.3 Å². The Bertz CT molecular complexity index is 1510. The molecule has 0 amide bonds. The Morgan fingerprint density at radius 3 is 2.18 bits per heavy atom. The first kappa shape index (κ1) is 15.9. The number of hydrogen-bond acceptors (Lipinski definition) is 0. The summed E-state index contributed by atoms with van der Waals surface area (Å²) in [6.07, 6.45) is 0. The number of fused-ring (bicyclic) bond motifs is 6. The van der Waals surface area contributed by atoms with Gasteiger partial charge in [-0.1, -0.05) is 76.6 Å². The molecule has 0 bridgehead atoms. The molecule has 0 aliphatic carbocycles. The van der Waals surface area contributed by atoms with Gasteiger partial charge in [-0.3, -0.25) is 0 Å². The highest BCUT2D eigenvalue weighted by atomic mass is 79.9. The van der Waals surface area contributed by atoms with Gasteiger partial charge in [0.25, 0.3) is 0 Å². The smallest absolute Gasteiger partial charge is 0.0547 e. The zero-order valence-electron chi connectivity index (χ0n) is 15.1. The molecular weight excluding hydrogens is 406 g/mol. The molecule has 0 N–H and O–H groups in total. The van der Waals surface area contributed by atoms with Crippen molar-refractivity contribution in [3.63, 3.8) is 0 Å². The van der Waals surface area contributed by atoms with Crippen LogP contribution in [0.3, 0.4) is 0 Å². The highest BCUT2D eigenvalue weighted by molar-refractivity contribution is 9.10. The highest BCUT2D eigenvalue weighted by Gasteiger charge is 2.14. The number of para-hydroxylation sites is 2. The molecule has 1 aromatic heterocycles. The lowest BCUT2D eigenvalue weighted by molar-refractivity contribution is 1.18. The van der Waals surface area contributed by atoms with Gasteiger partial charge in [-0.15, -0.1) is 0 Å². The van der Waals surface area contributed by atoms with E-state index in [1.807, 2.05) is 0 Å². The van der Waals surface area contributed by atoms with Crippen LogP contribution in [-0.2, 0) is 0 Å². The molecule has 6 rings (SSSR count). The standard InChI is InChI=1S/C26H16BrN/c27-24-11-6-10-19-20(24)14-13-17-15-26-23(16-22(17)19)21-9-4-5-12-25(21)28(26)18-7-2-1-3-8-18/h1-16H. The van der Waals surface area contributed by atoms with E-state index in [0.29, 0.717) is 0 Å². The maximum Gasteiger partial charge on any atom is 0.0547 e. The number of hydrogen-bond donors (Lipinski definition) is 0. The molecule has 0 saturated carbocycles. The summed E-state index contributed by atoms with van der Waals surface area (Å²) >= 11 is 3.70. The Labute approximate surface area is 171 Å². The minimum absolute atomic E-state index is 1.14. The molecule has 0 spiro atoms. The normalized spacial score (nSPS) is 11.8. The van der Waals surface area contributed by atoms with Crippen LogP contribution in [0.2, 0.25) is 0 Å². The fraction of sp³-hybridized carbons (Fsp3) is 0. The molecular formula is C26H16BrN. The van der Waals surface area contributed by atoms with Crippen LogP contribution in [-0.4, -0.2) is 4.57 Å². The molecule has 1 heterocycles. The first-order valence-electron chi connectivity index (χ1n) is 9.41. The van der Waals surface area contributed by atoms with E-state index in [9.17, 15) is 0 Å². The zero-order valence-corrected chi connectivity index (χ0v) is 16.6. The van der Waals surface area contributed by atoms with Crippen molar-refractivity contribution in [3.8, 4) is 5.69 Å². The number of rotatable bonds is 1. The SMILES string of the molecule is Brc1cccc2c1ccc1cc3c(cc12)c1ccccc1n3-c1ccccc1. The van der Waals surface area contributed by atoms with Crippen LogP contribution in [0.4, 0.5) is 0 Å². The maximum absolute atomic E-state index is 3.70. The zero-order chi connectivity index (χ0) is 18.7. The quantitative estimate of drug-likeness (QED) is 0.238. The first-order valence-corrected chi connectivity index (χ1v) is 10.2. The second kappa shape index (κ2) is 5.95. The largest absolute Gasteiger partial charge is 0.309 e. The summed E-state index contributed by atoms with van der Waals surface area (Å²) in [7, 11) is 0. The van der Waals surface area contributed by atoms with Crippen LogP contribution in [0.5, 0.6) is 0 Å². The Balaban J connectivity index is 1.84. The van der Waals surface area contributed by atoms with Gasteiger partial charge in [0.2, 0.25) is 0 Å². The summed E-state index contributed by atoms with van der Waals surface area (Å²) in [5.41, 5.74) is 3.68. The molecule has 0 atom stereocenters. The fourth-order valence-corrected chi connectivity index (χ4v) is 4.87. The number of benzene rings is 5. The van der Waals surface area contributed by atoms with Gasteiger partial charge in [0.05, 0.1) is 11.0 Å². The molecule has 0 radical (unpaired) electrons. The summed E-state index contributed by atoms with van der Waals surface area (Å²) in [5, 5.41) is 7.67. The highest BCUT2D eigenvalue weighted by Crippen LogP contribution is 2.37. The van der Waals surface area contributed by atoms with E-state index in [-0.39, 0.29) is 0 Å². The Morgan fingerprint density at radius 2 is 1.29 bits per heavy atom. The van der Waals surface area contributed by atoms with E-state index in [1.165, 1.54) is 49.0 Å². The molecule has 1 nitrogen and oxygen atoms in total. The lowest BCUT2D eigenvalue weighted by Crippen LogP contribution is -1.93. The molecule has 0 fully saturated rings. The molecule has 5 aromatic carbocycles. The van der Waals surface area contributed by atoms with Gasteiger partial charge in [-0.05, 0) is 57.9 Å². The molecule has 0 saturated heterocycles. The van der Waals surface area contributed by atoms with Gasteiger partial charge in [0.15, 0.2) is 0 Å². The molecule has 0 aliphatic rings. The van der Waals surface area contributed by atoms with E-state index < -0.39 is 0 Å². The van der Waals surface area contributed by atoms with Gasteiger partial charge >= 0.3 is 0 Å². The maximum atomic E-state index is 3.70. The van der Waals surface area contributed by atoms with Gasteiger partial charge in [-0.2, -0.15) is 0 Å². The first-order chi connectivity index (χ1) is 13.8. The number of halogens is 1. The van der Waals surface area contributed by atoms with E-state index in [2.05, 4.69) is 118 Å². The molecule has 0 unspecified atom stereocenters. The van der Waals surface area contributed by atoms with Gasteiger partial charge in [-0.25, -0.2) is 0 Å². The van der Waals surface area contributed by atoms with Crippen molar-refractivity contribution in [2.75, 3.05) is 0 Å². The van der Waals surface area contributed by atoms with Crippen molar-refractivity contribution in [1.29, 1.82) is 0 Å². The van der Waals surface area contributed by atoms with Gasteiger partial charge in [0, 0.05) is 20.9 Å². The van der Waals surface area contributed by atoms with E-state index >= 15 is 0 Å². The average Bonchev–Trinajstić information content (AvgIpc) is 3.06. The van der Waals surface area contributed by atoms with Crippen molar-refractivity contribution in [2.24, 2.45) is 0 Å². The van der Waals surface area contributed by atoms with Crippen molar-refractivity contribution in [2.45, 2.75) is 0 Å². The van der Waals surface area contributed by atoms with Crippen LogP contribution >= 0.6 is 15.9 Å². The lowest BCUT2D eigenvalue weighted by atomic mass is 10.00. The van der Waals surface area contributed by atoms with Gasteiger partial charge in [0.1, 0.15) is 0 Å². The van der Waals surface area contributed by atoms with Crippen LogP contribution in [0.1, 0.15) is 0 Å². The minimum Gasteiger partial charge on any atom is -0.309 e. The Morgan fingerprint density at radius 1 is 0.500 bits per heavy atom. The third-order valence-electron chi connectivity index (χ3n) is 5.63. The summed E-state index contributed by atoms with van der Waals surface area (Å²) in [4.78, 5) is 0. The topological polar surface area (TPSA) is 4.93 Å². The minimum atomic E-state index is 1.14. The molecule has 28 heavy (non-hydrogen) atoms. The van der Waals surface area contributed by atoms with Crippen molar-refractivity contribution in [1.82, 2.24) is 4.57 Å². The second-order valence-corrected chi connectivity index (χ2v) is 8.03. The summed E-state index contributed by atoms with van der Waals surface area (Å²) < 4.78 is 3.51. The number of nitrogens with zero attached hydrogens (tertiary/aromatic N) is 1. The molecule has 132 valence electrons. The fourth-order valence-electron chi connectivity index (χ4n) is 4.37. The Kier molecular flexibility index (Phi) is 3.38. The van der Waals surface area contributed by atoms with Crippen LogP contribution in [0, 0.1) is 0 Å². The van der Waals surface area contributed by atoms with E-state index in [1.54, 1.807) is 0 Å². The molecule has 0 aliphatic heterocycles. The van der Waals surface area contributed by atoms with Crippen molar-refractivity contribution in [3.05, 3.63) is 102 Å². The predicted molar refractivity (Wildman–Crippen MR) is 123 cm³/mol. The van der Waals surface area contributed by atoms with E-state index in [4.69, 9.17) is 0 Å². The summed E-state index contributed by atoms with van der Waals surface area (Å²) in [6.45, 7) is 0. The second-order valence-electron chi connectivity index (χ2n) is 7.18. The predicted octanol–water partition coefficient (Wildman–Crippen LogP) is 7.85. The molecule has 6 aromatic rings. The molecule has 2 heteroatoms.